The molecule has 0 N–H and O–H groups in total. The Morgan fingerprint density at radius 1 is 0.321 bits per heavy atom. The molecule has 2 aliphatic rings. The molecular formula is C55H34O. The molecule has 0 aromatic heterocycles. The monoisotopic (exact) mass is 710 g/mol. The van der Waals surface area contributed by atoms with Crippen LogP contribution in [0.5, 0.6) is 11.5 Å². The number of ether oxygens (including phenoxy) is 1. The first-order valence-corrected chi connectivity index (χ1v) is 19.4. The minimum absolute atomic E-state index is 0.507. The van der Waals surface area contributed by atoms with Gasteiger partial charge in [-0.3, -0.25) is 0 Å². The molecule has 0 saturated heterocycles. The number of hydrogen-bond donors (Lipinski definition) is 0. The Hall–Kier alpha value is -7.22. The third kappa shape index (κ3) is 4.26. The molecule has 1 heteroatoms. The second kappa shape index (κ2) is 11.9. The summed E-state index contributed by atoms with van der Waals surface area (Å²) in [5, 5.41) is 7.40. The topological polar surface area (TPSA) is 9.23 Å². The third-order valence-corrected chi connectivity index (χ3v) is 12.4. The van der Waals surface area contributed by atoms with Crippen molar-refractivity contribution in [1.29, 1.82) is 0 Å². The van der Waals surface area contributed by atoms with Crippen molar-refractivity contribution in [2.45, 2.75) is 5.41 Å². The third-order valence-electron chi connectivity index (χ3n) is 12.4. The Bertz CT molecular complexity index is 3170. The van der Waals surface area contributed by atoms with E-state index in [-0.39, 0.29) is 0 Å². The van der Waals surface area contributed by atoms with Crippen LogP contribution in [-0.2, 0) is 5.41 Å². The lowest BCUT2D eigenvalue weighted by atomic mass is 9.67. The molecule has 1 heterocycles. The lowest BCUT2D eigenvalue weighted by Crippen LogP contribution is -2.28. The maximum atomic E-state index is 6.51. The van der Waals surface area contributed by atoms with Crippen molar-refractivity contribution < 1.29 is 4.74 Å². The summed E-state index contributed by atoms with van der Waals surface area (Å²) in [6, 6.07) is 75.9. The van der Waals surface area contributed by atoms with Gasteiger partial charge in [-0.25, -0.2) is 0 Å². The molecule has 0 bridgehead atoms. The lowest BCUT2D eigenvalue weighted by molar-refractivity contribution is 0.487. The van der Waals surface area contributed by atoms with Crippen LogP contribution in [0.2, 0.25) is 0 Å². The Balaban J connectivity index is 1.17. The van der Waals surface area contributed by atoms with Gasteiger partial charge in [-0.2, -0.15) is 0 Å². The molecule has 56 heavy (non-hydrogen) atoms. The summed E-state index contributed by atoms with van der Waals surface area (Å²) >= 11 is 0. The summed E-state index contributed by atoms with van der Waals surface area (Å²) in [5.74, 6) is 1.81. The zero-order chi connectivity index (χ0) is 36.8. The van der Waals surface area contributed by atoms with Crippen molar-refractivity contribution >= 4 is 32.3 Å². The first kappa shape index (κ1) is 31.2. The zero-order valence-electron chi connectivity index (χ0n) is 30.5. The second-order valence-electron chi connectivity index (χ2n) is 15.1. The number of hydrogen-bond acceptors (Lipinski definition) is 1. The highest BCUT2D eigenvalue weighted by Crippen LogP contribution is 2.59. The predicted molar refractivity (Wildman–Crippen MR) is 233 cm³/mol. The Morgan fingerprint density at radius 3 is 1.75 bits per heavy atom. The molecule has 1 nitrogen and oxygen atoms in total. The Morgan fingerprint density at radius 2 is 0.929 bits per heavy atom. The summed E-state index contributed by atoms with van der Waals surface area (Å²) in [7, 11) is 0. The minimum Gasteiger partial charge on any atom is -0.456 e. The van der Waals surface area contributed by atoms with Crippen LogP contribution in [-0.4, -0.2) is 0 Å². The standard InChI is InChI=1S/C55H34O/c1-3-16-37(17-4-1)55(38-18-5-2-6-19-38)49-31-28-36(40-30-33-52-54-45(40)24-13-26-47(54)44-21-9-10-27-51(44)56-52)34-48(49)53-46-25-12-23-42(43(46)29-32-50(53)55)41-22-11-15-35-14-7-8-20-39(35)41/h1-34H. The van der Waals surface area contributed by atoms with E-state index in [1.165, 1.54) is 88.1 Å². The van der Waals surface area contributed by atoms with E-state index < -0.39 is 5.41 Å². The van der Waals surface area contributed by atoms with Crippen LogP contribution in [0, 0.1) is 0 Å². The van der Waals surface area contributed by atoms with Gasteiger partial charge in [-0.05, 0) is 106 Å². The average Bonchev–Trinajstić information content (AvgIpc) is 3.58. The van der Waals surface area contributed by atoms with E-state index in [1.54, 1.807) is 0 Å². The van der Waals surface area contributed by atoms with Crippen molar-refractivity contribution in [3.8, 4) is 56.0 Å². The molecule has 0 unspecified atom stereocenters. The maximum Gasteiger partial charge on any atom is 0.135 e. The molecule has 10 aromatic carbocycles. The molecule has 1 aliphatic heterocycles. The van der Waals surface area contributed by atoms with Crippen LogP contribution in [0.3, 0.4) is 0 Å². The maximum absolute atomic E-state index is 6.51. The molecule has 0 saturated carbocycles. The zero-order valence-corrected chi connectivity index (χ0v) is 30.5. The van der Waals surface area contributed by atoms with Gasteiger partial charge < -0.3 is 4.74 Å². The van der Waals surface area contributed by atoms with Crippen LogP contribution < -0.4 is 4.74 Å². The van der Waals surface area contributed by atoms with Gasteiger partial charge in [-0.15, -0.1) is 0 Å². The molecule has 0 fully saturated rings. The van der Waals surface area contributed by atoms with Crippen molar-refractivity contribution in [2.24, 2.45) is 0 Å². The van der Waals surface area contributed by atoms with Gasteiger partial charge in [0.15, 0.2) is 0 Å². The molecule has 0 amide bonds. The van der Waals surface area contributed by atoms with E-state index in [0.29, 0.717) is 0 Å². The highest BCUT2D eigenvalue weighted by molar-refractivity contribution is 6.13. The molecule has 260 valence electrons. The van der Waals surface area contributed by atoms with E-state index >= 15 is 0 Å². The van der Waals surface area contributed by atoms with E-state index in [0.717, 1.165) is 22.4 Å². The summed E-state index contributed by atoms with van der Waals surface area (Å²) < 4.78 is 6.51. The minimum atomic E-state index is -0.507. The normalized spacial score (nSPS) is 13.3. The SMILES string of the molecule is c1ccc(C2(c3ccccc3)c3ccc(-c4ccc5c6c(cccc46)-c4ccccc4O5)cc3-c3c2ccc2c(-c4cccc5ccccc45)cccc32)cc1. The van der Waals surface area contributed by atoms with Gasteiger partial charge in [0, 0.05) is 10.9 Å². The van der Waals surface area contributed by atoms with Crippen LogP contribution >= 0.6 is 0 Å². The molecular weight excluding hydrogens is 677 g/mol. The van der Waals surface area contributed by atoms with Crippen LogP contribution in [0.1, 0.15) is 22.3 Å². The highest BCUT2D eigenvalue weighted by Gasteiger charge is 2.47. The van der Waals surface area contributed by atoms with Gasteiger partial charge in [0.05, 0.1) is 5.41 Å². The van der Waals surface area contributed by atoms with E-state index in [4.69, 9.17) is 4.74 Å². The molecule has 10 aromatic rings. The van der Waals surface area contributed by atoms with Crippen molar-refractivity contribution in [3.63, 3.8) is 0 Å². The first-order valence-electron chi connectivity index (χ1n) is 19.4. The summed E-state index contributed by atoms with van der Waals surface area (Å²) in [6.45, 7) is 0. The largest absolute Gasteiger partial charge is 0.456 e. The lowest BCUT2D eigenvalue weighted by Gasteiger charge is -2.34. The predicted octanol–water partition coefficient (Wildman–Crippen LogP) is 14.6. The van der Waals surface area contributed by atoms with Crippen LogP contribution in [0.4, 0.5) is 0 Å². The number of rotatable bonds is 4. The van der Waals surface area contributed by atoms with Gasteiger partial charge in [0.25, 0.3) is 0 Å². The average molecular weight is 711 g/mol. The van der Waals surface area contributed by atoms with Gasteiger partial charge >= 0.3 is 0 Å². The fourth-order valence-electron chi connectivity index (χ4n) is 10.0. The second-order valence-corrected chi connectivity index (χ2v) is 15.1. The van der Waals surface area contributed by atoms with Gasteiger partial charge in [-0.1, -0.05) is 188 Å². The Labute approximate surface area is 325 Å². The van der Waals surface area contributed by atoms with Crippen LogP contribution in [0.25, 0.3) is 76.8 Å². The summed E-state index contributed by atoms with van der Waals surface area (Å²) in [4.78, 5) is 0. The molecule has 12 rings (SSSR count). The van der Waals surface area contributed by atoms with Crippen molar-refractivity contribution in [3.05, 3.63) is 229 Å². The summed E-state index contributed by atoms with van der Waals surface area (Å²) in [6.07, 6.45) is 0. The fourth-order valence-corrected chi connectivity index (χ4v) is 10.0. The number of para-hydroxylation sites is 1. The van der Waals surface area contributed by atoms with Crippen molar-refractivity contribution in [1.82, 2.24) is 0 Å². The van der Waals surface area contributed by atoms with Crippen LogP contribution in [0.15, 0.2) is 206 Å². The fraction of sp³-hybridized carbons (Fsp3) is 0.0182. The molecule has 0 atom stereocenters. The van der Waals surface area contributed by atoms with Gasteiger partial charge in [0.1, 0.15) is 11.5 Å². The highest BCUT2D eigenvalue weighted by atomic mass is 16.5. The molecule has 0 spiro atoms. The first-order chi connectivity index (χ1) is 27.8. The quantitative estimate of drug-likeness (QED) is 0.177. The Kier molecular flexibility index (Phi) is 6.62. The molecule has 1 aliphatic carbocycles. The van der Waals surface area contributed by atoms with E-state index in [1.807, 2.05) is 6.07 Å². The smallest absolute Gasteiger partial charge is 0.135 e. The van der Waals surface area contributed by atoms with Crippen molar-refractivity contribution in [2.75, 3.05) is 0 Å². The van der Waals surface area contributed by atoms with E-state index in [9.17, 15) is 0 Å². The summed E-state index contributed by atoms with van der Waals surface area (Å²) in [5.41, 5.74) is 14.5. The van der Waals surface area contributed by atoms with Gasteiger partial charge in [0.2, 0.25) is 0 Å². The molecule has 0 radical (unpaired) electrons. The van der Waals surface area contributed by atoms with E-state index in [2.05, 4.69) is 200 Å². The number of benzene rings is 10. The number of fused-ring (bicyclic) bond motifs is 8.